The number of ether oxygens (including phenoxy) is 1. The van der Waals surface area contributed by atoms with Crippen LogP contribution in [0.2, 0.25) is 0 Å². The van der Waals surface area contributed by atoms with E-state index >= 15 is 0 Å². The summed E-state index contributed by atoms with van der Waals surface area (Å²) in [6, 6.07) is 12.4. The van der Waals surface area contributed by atoms with Crippen LogP contribution in [0.4, 0.5) is 10.1 Å². The Hall–Kier alpha value is -3.15. The van der Waals surface area contributed by atoms with Gasteiger partial charge in [0.2, 0.25) is 5.56 Å². The Labute approximate surface area is 149 Å². The Balaban J connectivity index is 1.73. The molecule has 0 radical (unpaired) electrons. The van der Waals surface area contributed by atoms with E-state index in [1.54, 1.807) is 18.2 Å². The van der Waals surface area contributed by atoms with Crippen molar-refractivity contribution in [2.45, 2.75) is 19.8 Å². The number of halogens is 1. The molecule has 0 saturated heterocycles. The highest BCUT2D eigenvalue weighted by atomic mass is 19.1. The Kier molecular flexibility index (Phi) is 5.02. The van der Waals surface area contributed by atoms with Crippen molar-refractivity contribution in [3.63, 3.8) is 0 Å². The molecule has 3 aromatic rings. The van der Waals surface area contributed by atoms with Gasteiger partial charge in [-0.3, -0.25) is 9.59 Å². The molecule has 3 rings (SSSR count). The SMILES string of the molecule is CC(C)c1cc(=O)[nH]c2cc(NC(=O)COc3ccc(F)cc3)ccc12. The van der Waals surface area contributed by atoms with E-state index in [2.05, 4.69) is 10.3 Å². The normalized spacial score (nSPS) is 10.9. The number of H-pyrrole nitrogens is 1. The first kappa shape index (κ1) is 17.7. The quantitative estimate of drug-likeness (QED) is 0.732. The maximum Gasteiger partial charge on any atom is 0.262 e. The van der Waals surface area contributed by atoms with E-state index in [9.17, 15) is 14.0 Å². The summed E-state index contributed by atoms with van der Waals surface area (Å²) in [5, 5.41) is 3.67. The van der Waals surface area contributed by atoms with Gasteiger partial charge in [0, 0.05) is 17.1 Å². The number of anilines is 1. The molecule has 0 saturated carbocycles. The third kappa shape index (κ3) is 4.08. The minimum Gasteiger partial charge on any atom is -0.484 e. The minimum absolute atomic E-state index is 0.177. The van der Waals surface area contributed by atoms with E-state index in [0.717, 1.165) is 10.9 Å². The maximum atomic E-state index is 12.8. The lowest BCUT2D eigenvalue weighted by Crippen LogP contribution is -2.20. The van der Waals surface area contributed by atoms with Crippen LogP contribution in [0.3, 0.4) is 0 Å². The van der Waals surface area contributed by atoms with Crippen molar-refractivity contribution in [2.75, 3.05) is 11.9 Å². The molecule has 0 fully saturated rings. The topological polar surface area (TPSA) is 71.2 Å². The van der Waals surface area contributed by atoms with Gasteiger partial charge in [-0.2, -0.15) is 0 Å². The number of carbonyl (C=O) groups is 1. The van der Waals surface area contributed by atoms with Gasteiger partial charge in [0.05, 0.1) is 5.52 Å². The van der Waals surface area contributed by atoms with Gasteiger partial charge in [0.15, 0.2) is 6.61 Å². The first-order chi connectivity index (χ1) is 12.4. The third-order valence-electron chi connectivity index (χ3n) is 3.96. The number of aromatic nitrogens is 1. The summed E-state index contributed by atoms with van der Waals surface area (Å²) in [5.74, 6) is -0.0981. The zero-order valence-corrected chi connectivity index (χ0v) is 14.5. The zero-order valence-electron chi connectivity index (χ0n) is 14.5. The van der Waals surface area contributed by atoms with Gasteiger partial charge in [-0.1, -0.05) is 19.9 Å². The van der Waals surface area contributed by atoms with E-state index in [1.165, 1.54) is 24.3 Å². The highest BCUT2D eigenvalue weighted by molar-refractivity contribution is 5.95. The van der Waals surface area contributed by atoms with Gasteiger partial charge >= 0.3 is 0 Å². The van der Waals surface area contributed by atoms with Crippen LogP contribution in [0.1, 0.15) is 25.3 Å². The van der Waals surface area contributed by atoms with Crippen molar-refractivity contribution in [1.82, 2.24) is 4.98 Å². The smallest absolute Gasteiger partial charge is 0.262 e. The van der Waals surface area contributed by atoms with Crippen molar-refractivity contribution in [1.29, 1.82) is 0 Å². The van der Waals surface area contributed by atoms with Gasteiger partial charge in [0.1, 0.15) is 11.6 Å². The lowest BCUT2D eigenvalue weighted by molar-refractivity contribution is -0.118. The molecule has 0 atom stereocenters. The van der Waals surface area contributed by atoms with Crippen LogP contribution < -0.4 is 15.6 Å². The van der Waals surface area contributed by atoms with Gasteiger partial charge in [-0.25, -0.2) is 4.39 Å². The second kappa shape index (κ2) is 7.39. The molecule has 2 aromatic carbocycles. The summed E-state index contributed by atoms with van der Waals surface area (Å²) >= 11 is 0. The number of aromatic amines is 1. The molecule has 6 heteroatoms. The molecule has 26 heavy (non-hydrogen) atoms. The average Bonchev–Trinajstić information content (AvgIpc) is 2.60. The Morgan fingerprint density at radius 1 is 1.15 bits per heavy atom. The van der Waals surface area contributed by atoms with Crippen LogP contribution in [0.15, 0.2) is 53.3 Å². The number of hydrogen-bond acceptors (Lipinski definition) is 3. The van der Waals surface area contributed by atoms with Crippen LogP contribution in [-0.4, -0.2) is 17.5 Å². The van der Waals surface area contributed by atoms with Crippen molar-refractivity contribution in [2.24, 2.45) is 0 Å². The number of rotatable bonds is 5. The predicted molar refractivity (Wildman–Crippen MR) is 99.2 cm³/mol. The first-order valence-corrected chi connectivity index (χ1v) is 8.27. The number of fused-ring (bicyclic) bond motifs is 1. The van der Waals surface area contributed by atoms with Crippen molar-refractivity contribution >= 4 is 22.5 Å². The maximum absolute atomic E-state index is 12.8. The van der Waals surface area contributed by atoms with Crippen LogP contribution >= 0.6 is 0 Å². The number of nitrogens with one attached hydrogen (secondary N) is 2. The molecule has 0 bridgehead atoms. The fourth-order valence-corrected chi connectivity index (χ4v) is 2.72. The Bertz CT molecular complexity index is 994. The number of benzene rings is 2. The Morgan fingerprint density at radius 2 is 1.88 bits per heavy atom. The van der Waals surface area contributed by atoms with Crippen LogP contribution in [0, 0.1) is 5.82 Å². The van der Waals surface area contributed by atoms with Crippen LogP contribution in [-0.2, 0) is 4.79 Å². The Morgan fingerprint density at radius 3 is 2.58 bits per heavy atom. The summed E-state index contributed by atoms with van der Waals surface area (Å²) in [6.07, 6.45) is 0. The van der Waals surface area contributed by atoms with Gasteiger partial charge in [-0.05, 0) is 47.9 Å². The second-order valence-electron chi connectivity index (χ2n) is 6.29. The molecule has 0 aliphatic carbocycles. The van der Waals surface area contributed by atoms with E-state index in [0.29, 0.717) is 17.0 Å². The molecule has 0 unspecified atom stereocenters. The predicted octanol–water partition coefficient (Wildman–Crippen LogP) is 3.81. The average molecular weight is 354 g/mol. The standard InChI is InChI=1S/C20H19FN2O3/c1-12(2)17-10-19(24)23-18-9-14(5-8-16(17)18)22-20(25)11-26-15-6-3-13(21)4-7-15/h3-10,12H,11H2,1-2H3,(H,22,25)(H,23,24). The first-order valence-electron chi connectivity index (χ1n) is 8.27. The van der Waals surface area contributed by atoms with Gasteiger partial charge < -0.3 is 15.0 Å². The monoisotopic (exact) mass is 354 g/mol. The molecule has 0 spiro atoms. The molecule has 1 aromatic heterocycles. The minimum atomic E-state index is -0.368. The fraction of sp³-hybridized carbons (Fsp3) is 0.200. The lowest BCUT2D eigenvalue weighted by Gasteiger charge is -2.12. The lowest BCUT2D eigenvalue weighted by atomic mass is 9.99. The van der Waals surface area contributed by atoms with Crippen molar-refractivity contribution < 1.29 is 13.9 Å². The third-order valence-corrected chi connectivity index (χ3v) is 3.96. The number of pyridine rings is 1. The van der Waals surface area contributed by atoms with Crippen molar-refractivity contribution in [3.05, 3.63) is 70.3 Å². The summed E-state index contributed by atoms with van der Waals surface area (Å²) in [6.45, 7) is 3.85. The molecule has 1 amide bonds. The highest BCUT2D eigenvalue weighted by Gasteiger charge is 2.09. The molecule has 5 nitrogen and oxygen atoms in total. The number of carbonyl (C=O) groups excluding carboxylic acids is 1. The zero-order chi connectivity index (χ0) is 18.7. The molecule has 0 aliphatic heterocycles. The van der Waals surface area contributed by atoms with Gasteiger partial charge in [0.25, 0.3) is 5.91 Å². The number of amides is 1. The molecule has 2 N–H and O–H groups in total. The molecular formula is C20H19FN2O3. The molecule has 1 heterocycles. The van der Waals surface area contributed by atoms with Crippen LogP contribution in [0.5, 0.6) is 5.75 Å². The van der Waals surface area contributed by atoms with E-state index in [1.807, 2.05) is 19.9 Å². The summed E-state index contributed by atoms with van der Waals surface area (Å²) in [5.41, 5.74) is 2.01. The van der Waals surface area contributed by atoms with Crippen molar-refractivity contribution in [3.8, 4) is 5.75 Å². The fourth-order valence-electron chi connectivity index (χ4n) is 2.72. The molecule has 0 aliphatic rings. The van der Waals surface area contributed by atoms with E-state index in [4.69, 9.17) is 4.74 Å². The summed E-state index contributed by atoms with van der Waals surface area (Å²) in [7, 11) is 0. The highest BCUT2D eigenvalue weighted by Crippen LogP contribution is 2.24. The second-order valence-corrected chi connectivity index (χ2v) is 6.29. The van der Waals surface area contributed by atoms with Crippen LogP contribution in [0.25, 0.3) is 10.9 Å². The summed E-state index contributed by atoms with van der Waals surface area (Å²) in [4.78, 5) is 26.7. The molecular weight excluding hydrogens is 335 g/mol. The van der Waals surface area contributed by atoms with E-state index in [-0.39, 0.29) is 29.8 Å². The molecule has 134 valence electrons. The van der Waals surface area contributed by atoms with E-state index < -0.39 is 0 Å². The van der Waals surface area contributed by atoms with Gasteiger partial charge in [-0.15, -0.1) is 0 Å². The number of hydrogen-bond donors (Lipinski definition) is 2. The summed E-state index contributed by atoms with van der Waals surface area (Å²) < 4.78 is 18.2. The largest absolute Gasteiger partial charge is 0.484 e.